The summed E-state index contributed by atoms with van der Waals surface area (Å²) in [5, 5.41) is 24.6. The highest BCUT2D eigenvalue weighted by Crippen LogP contribution is 2.38. The first-order valence-electron chi connectivity index (χ1n) is 14.5. The number of ether oxygens (including phenoxy) is 1. The zero-order chi connectivity index (χ0) is 29.2. The van der Waals surface area contributed by atoms with Crippen LogP contribution in [0.2, 0.25) is 0 Å². The molecule has 0 radical (unpaired) electrons. The number of nitriles is 1. The highest BCUT2D eigenvalue weighted by atomic mass is 16.5. The van der Waals surface area contributed by atoms with Gasteiger partial charge in [0, 0.05) is 18.0 Å². The second-order valence-corrected chi connectivity index (χ2v) is 12.1. The van der Waals surface area contributed by atoms with Crippen LogP contribution in [0.25, 0.3) is 16.9 Å². The van der Waals surface area contributed by atoms with Gasteiger partial charge in [-0.1, -0.05) is 55.8 Å². The van der Waals surface area contributed by atoms with E-state index in [9.17, 15) is 15.2 Å². The number of aryl methyl sites for hydroxylation is 1. The Morgan fingerprint density at radius 3 is 2.56 bits per heavy atom. The van der Waals surface area contributed by atoms with Gasteiger partial charge in [-0.25, -0.2) is 4.52 Å². The molecule has 1 aliphatic rings. The standard InChI is InChI=1S/C33H39N5O3/c1-5-9-29-28(19-23-12-13-27(25(18-23)20-34)24-10-7-6-8-11-24)30(39)37(31-35-22-36-38(29)31)26-14-16-33(4,17-15-26)41-21-32(2,3)40/h6-8,10-13,18,22,26,40H,5,9,14-17,19,21H2,1-4H3. The van der Waals surface area contributed by atoms with Crippen LogP contribution in [-0.2, 0) is 17.6 Å². The third-order valence-electron chi connectivity index (χ3n) is 8.13. The largest absolute Gasteiger partial charge is 0.388 e. The number of nitrogens with zero attached hydrogens (tertiary/aromatic N) is 5. The van der Waals surface area contributed by atoms with E-state index in [4.69, 9.17) is 4.74 Å². The third-order valence-corrected chi connectivity index (χ3v) is 8.13. The van der Waals surface area contributed by atoms with Gasteiger partial charge < -0.3 is 9.84 Å². The molecule has 2 aromatic carbocycles. The van der Waals surface area contributed by atoms with E-state index in [1.807, 2.05) is 57.6 Å². The number of aromatic nitrogens is 4. The Morgan fingerprint density at radius 2 is 1.90 bits per heavy atom. The average molecular weight is 554 g/mol. The summed E-state index contributed by atoms with van der Waals surface area (Å²) in [6.07, 6.45) is 6.58. The Morgan fingerprint density at radius 1 is 1.17 bits per heavy atom. The Hall–Kier alpha value is -3.80. The molecule has 8 nitrogen and oxygen atoms in total. The predicted octanol–water partition coefficient (Wildman–Crippen LogP) is 5.63. The molecule has 2 aromatic heterocycles. The molecule has 0 aliphatic heterocycles. The molecule has 214 valence electrons. The molecule has 41 heavy (non-hydrogen) atoms. The number of rotatable bonds is 9. The number of fused-ring (bicyclic) bond motifs is 1. The summed E-state index contributed by atoms with van der Waals surface area (Å²) in [5.74, 6) is 0.574. The van der Waals surface area contributed by atoms with Gasteiger partial charge in [-0.05, 0) is 75.6 Å². The summed E-state index contributed by atoms with van der Waals surface area (Å²) in [7, 11) is 0. The third kappa shape index (κ3) is 6.12. The molecule has 0 spiro atoms. The minimum atomic E-state index is -0.890. The monoisotopic (exact) mass is 553 g/mol. The number of benzene rings is 2. The van der Waals surface area contributed by atoms with Crippen LogP contribution in [0, 0.1) is 11.3 Å². The average Bonchev–Trinajstić information content (AvgIpc) is 3.44. The quantitative estimate of drug-likeness (QED) is 0.288. The maximum atomic E-state index is 14.3. The molecule has 0 unspecified atom stereocenters. The maximum Gasteiger partial charge on any atom is 0.259 e. The molecular formula is C33H39N5O3. The van der Waals surface area contributed by atoms with Gasteiger partial charge in [0.1, 0.15) is 6.33 Å². The van der Waals surface area contributed by atoms with E-state index in [2.05, 4.69) is 30.0 Å². The fourth-order valence-corrected chi connectivity index (χ4v) is 5.91. The lowest BCUT2D eigenvalue weighted by molar-refractivity contribution is -0.117. The van der Waals surface area contributed by atoms with Gasteiger partial charge in [0.05, 0.1) is 35.1 Å². The topological polar surface area (TPSA) is 105 Å². The number of aliphatic hydroxyl groups is 1. The molecule has 1 saturated carbocycles. The molecule has 1 N–H and O–H groups in total. The summed E-state index contributed by atoms with van der Waals surface area (Å²) in [4.78, 5) is 18.8. The zero-order valence-electron chi connectivity index (χ0n) is 24.4. The van der Waals surface area contributed by atoms with Crippen molar-refractivity contribution < 1.29 is 9.84 Å². The van der Waals surface area contributed by atoms with Crippen LogP contribution in [0.3, 0.4) is 0 Å². The SMILES string of the molecule is CCCc1c(Cc2ccc(-c3ccccc3)c(C#N)c2)c(=O)n(C2CCC(C)(OCC(C)(C)O)CC2)c2ncnn12. The van der Waals surface area contributed by atoms with Crippen LogP contribution in [-0.4, -0.2) is 42.1 Å². The minimum Gasteiger partial charge on any atom is -0.388 e. The van der Waals surface area contributed by atoms with Crippen molar-refractivity contribution in [3.63, 3.8) is 0 Å². The van der Waals surface area contributed by atoms with E-state index < -0.39 is 5.60 Å². The molecular weight excluding hydrogens is 514 g/mol. The summed E-state index contributed by atoms with van der Waals surface area (Å²) in [5.41, 5.74) is 3.68. The first-order chi connectivity index (χ1) is 19.6. The lowest BCUT2D eigenvalue weighted by Gasteiger charge is -2.39. The molecule has 5 rings (SSSR count). The lowest BCUT2D eigenvalue weighted by Crippen LogP contribution is -2.41. The van der Waals surface area contributed by atoms with E-state index in [-0.39, 0.29) is 23.8 Å². The van der Waals surface area contributed by atoms with Gasteiger partial charge in [-0.3, -0.25) is 9.36 Å². The van der Waals surface area contributed by atoms with Crippen molar-refractivity contribution >= 4 is 5.78 Å². The van der Waals surface area contributed by atoms with E-state index in [0.717, 1.165) is 54.5 Å². The van der Waals surface area contributed by atoms with Crippen molar-refractivity contribution in [3.8, 4) is 17.2 Å². The molecule has 1 aliphatic carbocycles. The molecule has 1 fully saturated rings. The van der Waals surface area contributed by atoms with Crippen molar-refractivity contribution in [2.75, 3.05) is 6.61 Å². The van der Waals surface area contributed by atoms with Crippen LogP contribution in [0.5, 0.6) is 0 Å². The van der Waals surface area contributed by atoms with Gasteiger partial charge in [0.25, 0.3) is 5.56 Å². The van der Waals surface area contributed by atoms with Crippen LogP contribution in [0.1, 0.15) is 88.2 Å². The lowest BCUT2D eigenvalue weighted by atomic mass is 9.83. The van der Waals surface area contributed by atoms with Gasteiger partial charge in [0.15, 0.2) is 0 Å². The van der Waals surface area contributed by atoms with Crippen molar-refractivity contribution in [3.05, 3.63) is 87.6 Å². The Kier molecular flexibility index (Phi) is 8.12. The minimum absolute atomic E-state index is 0.0300. The summed E-state index contributed by atoms with van der Waals surface area (Å²) >= 11 is 0. The molecule has 8 heteroatoms. The van der Waals surface area contributed by atoms with Gasteiger partial charge in [0.2, 0.25) is 5.78 Å². The molecule has 0 atom stereocenters. The second kappa shape index (κ2) is 11.6. The molecule has 2 heterocycles. The van der Waals surface area contributed by atoms with E-state index in [1.54, 1.807) is 13.8 Å². The normalized spacial score (nSPS) is 19.4. The highest BCUT2D eigenvalue weighted by molar-refractivity contribution is 5.71. The van der Waals surface area contributed by atoms with Gasteiger partial charge in [-0.2, -0.15) is 15.3 Å². The van der Waals surface area contributed by atoms with Gasteiger partial charge >= 0.3 is 0 Å². The van der Waals surface area contributed by atoms with Crippen molar-refractivity contribution in [2.24, 2.45) is 0 Å². The van der Waals surface area contributed by atoms with E-state index in [0.29, 0.717) is 29.7 Å². The number of hydrogen-bond acceptors (Lipinski definition) is 6. The fourth-order valence-electron chi connectivity index (χ4n) is 5.91. The maximum absolute atomic E-state index is 14.3. The van der Waals surface area contributed by atoms with Crippen LogP contribution >= 0.6 is 0 Å². The Bertz CT molecular complexity index is 1620. The predicted molar refractivity (Wildman–Crippen MR) is 159 cm³/mol. The zero-order valence-corrected chi connectivity index (χ0v) is 24.4. The molecule has 4 aromatic rings. The van der Waals surface area contributed by atoms with E-state index in [1.165, 1.54) is 6.33 Å². The van der Waals surface area contributed by atoms with E-state index >= 15 is 0 Å². The highest BCUT2D eigenvalue weighted by Gasteiger charge is 2.35. The first kappa shape index (κ1) is 28.7. The van der Waals surface area contributed by atoms with Crippen LogP contribution < -0.4 is 5.56 Å². The first-order valence-corrected chi connectivity index (χ1v) is 14.5. The fraction of sp³-hybridized carbons (Fsp3) is 0.455. The molecule has 0 saturated heterocycles. The molecule has 0 amide bonds. The molecule has 0 bridgehead atoms. The van der Waals surface area contributed by atoms with Crippen molar-refractivity contribution in [1.29, 1.82) is 5.26 Å². The van der Waals surface area contributed by atoms with Crippen LogP contribution in [0.15, 0.2) is 59.7 Å². The summed E-state index contributed by atoms with van der Waals surface area (Å²) < 4.78 is 9.81. The number of hydrogen-bond donors (Lipinski definition) is 1. The second-order valence-electron chi connectivity index (χ2n) is 12.1. The summed E-state index contributed by atoms with van der Waals surface area (Å²) in [6.45, 7) is 7.95. The van der Waals surface area contributed by atoms with Crippen molar-refractivity contribution in [2.45, 2.75) is 89.9 Å². The Balaban J connectivity index is 1.51. The smallest absolute Gasteiger partial charge is 0.259 e. The summed E-state index contributed by atoms with van der Waals surface area (Å²) in [6, 6.07) is 18.1. The van der Waals surface area contributed by atoms with Crippen molar-refractivity contribution in [1.82, 2.24) is 19.2 Å². The van der Waals surface area contributed by atoms with Gasteiger partial charge in [-0.15, -0.1) is 0 Å². The van der Waals surface area contributed by atoms with Crippen LogP contribution in [0.4, 0.5) is 0 Å². The Labute approximate surface area is 241 Å².